The van der Waals surface area contributed by atoms with E-state index in [1.54, 1.807) is 7.11 Å². The first-order chi connectivity index (χ1) is 7.33. The van der Waals surface area contributed by atoms with E-state index in [4.69, 9.17) is 14.8 Å². The smallest absolute Gasteiger partial charge is 0.218 e. The zero-order valence-electron chi connectivity index (χ0n) is 8.30. The molecule has 1 atom stereocenters. The minimum atomic E-state index is -0.442. The summed E-state index contributed by atoms with van der Waals surface area (Å²) in [6.45, 7) is 0. The van der Waals surface area contributed by atoms with Crippen LogP contribution in [-0.2, 0) is 4.84 Å². The average Bonchev–Trinajstić information content (AvgIpc) is 2.78. The molecule has 0 aromatic heterocycles. The zero-order chi connectivity index (χ0) is 10.7. The number of hydrogen-bond acceptors (Lipinski definition) is 4. The number of nitriles is 1. The SMILES string of the molecule is COc1ccc(C2=NOC(C#N)C2)cc1. The molecule has 1 unspecified atom stereocenters. The van der Waals surface area contributed by atoms with Gasteiger partial charge in [0.25, 0.3) is 0 Å². The van der Waals surface area contributed by atoms with Gasteiger partial charge >= 0.3 is 0 Å². The second kappa shape index (κ2) is 4.01. The van der Waals surface area contributed by atoms with Crippen LogP contribution in [-0.4, -0.2) is 18.9 Å². The van der Waals surface area contributed by atoms with E-state index in [-0.39, 0.29) is 0 Å². The molecule has 4 nitrogen and oxygen atoms in total. The Labute approximate surface area is 87.7 Å². The van der Waals surface area contributed by atoms with Crippen molar-refractivity contribution in [2.45, 2.75) is 12.5 Å². The number of hydrogen-bond donors (Lipinski definition) is 0. The van der Waals surface area contributed by atoms with Gasteiger partial charge in [0.15, 0.2) is 0 Å². The van der Waals surface area contributed by atoms with Crippen LogP contribution in [0.4, 0.5) is 0 Å². The highest BCUT2D eigenvalue weighted by Gasteiger charge is 2.21. The van der Waals surface area contributed by atoms with Gasteiger partial charge < -0.3 is 9.57 Å². The van der Waals surface area contributed by atoms with Crippen LogP contribution in [0.2, 0.25) is 0 Å². The topological polar surface area (TPSA) is 54.6 Å². The van der Waals surface area contributed by atoms with Gasteiger partial charge in [-0.3, -0.25) is 0 Å². The van der Waals surface area contributed by atoms with Crippen molar-refractivity contribution >= 4 is 5.71 Å². The van der Waals surface area contributed by atoms with Gasteiger partial charge in [-0.1, -0.05) is 5.16 Å². The number of ether oxygens (including phenoxy) is 1. The summed E-state index contributed by atoms with van der Waals surface area (Å²) in [6, 6.07) is 9.55. The maximum atomic E-state index is 8.64. The van der Waals surface area contributed by atoms with E-state index in [1.807, 2.05) is 30.3 Å². The maximum Gasteiger partial charge on any atom is 0.218 e. The fraction of sp³-hybridized carbons (Fsp3) is 0.273. The van der Waals surface area contributed by atoms with Crippen molar-refractivity contribution in [3.05, 3.63) is 29.8 Å². The van der Waals surface area contributed by atoms with Gasteiger partial charge in [0.1, 0.15) is 11.8 Å². The Morgan fingerprint density at radius 1 is 1.47 bits per heavy atom. The third-order valence-electron chi connectivity index (χ3n) is 2.24. The molecule has 1 heterocycles. The van der Waals surface area contributed by atoms with Gasteiger partial charge in [0.05, 0.1) is 12.8 Å². The van der Waals surface area contributed by atoms with Crippen LogP contribution in [0.5, 0.6) is 5.75 Å². The highest BCUT2D eigenvalue weighted by atomic mass is 16.6. The van der Waals surface area contributed by atoms with E-state index in [9.17, 15) is 0 Å². The van der Waals surface area contributed by atoms with Crippen molar-refractivity contribution in [2.24, 2.45) is 5.16 Å². The molecule has 0 bridgehead atoms. The number of nitrogens with zero attached hydrogens (tertiary/aromatic N) is 2. The Morgan fingerprint density at radius 2 is 2.20 bits per heavy atom. The standard InChI is InChI=1S/C11H10N2O2/c1-14-9-4-2-8(3-5-9)11-6-10(7-12)15-13-11/h2-5,10H,6H2,1H3. The molecule has 15 heavy (non-hydrogen) atoms. The largest absolute Gasteiger partial charge is 0.497 e. The van der Waals surface area contributed by atoms with Crippen LogP contribution < -0.4 is 4.74 Å². The fourth-order valence-electron chi connectivity index (χ4n) is 1.40. The number of oxime groups is 1. The van der Waals surface area contributed by atoms with E-state index in [2.05, 4.69) is 5.16 Å². The van der Waals surface area contributed by atoms with Crippen molar-refractivity contribution in [3.63, 3.8) is 0 Å². The van der Waals surface area contributed by atoms with Gasteiger partial charge in [-0.2, -0.15) is 5.26 Å². The van der Waals surface area contributed by atoms with Gasteiger partial charge in [-0.25, -0.2) is 0 Å². The Hall–Kier alpha value is -2.02. The molecule has 0 amide bonds. The first-order valence-electron chi connectivity index (χ1n) is 4.60. The fourth-order valence-corrected chi connectivity index (χ4v) is 1.40. The molecule has 0 saturated carbocycles. The Morgan fingerprint density at radius 3 is 2.73 bits per heavy atom. The summed E-state index contributed by atoms with van der Waals surface area (Å²) in [5, 5.41) is 12.5. The van der Waals surface area contributed by atoms with Crippen molar-refractivity contribution < 1.29 is 9.57 Å². The second-order valence-electron chi connectivity index (χ2n) is 3.19. The van der Waals surface area contributed by atoms with Crippen LogP contribution in [0, 0.1) is 11.3 Å². The van der Waals surface area contributed by atoms with Crippen LogP contribution >= 0.6 is 0 Å². The molecule has 4 heteroatoms. The molecule has 0 N–H and O–H groups in total. The lowest BCUT2D eigenvalue weighted by Crippen LogP contribution is -2.04. The Bertz CT molecular complexity index is 417. The lowest BCUT2D eigenvalue weighted by molar-refractivity contribution is 0.125. The van der Waals surface area contributed by atoms with Crippen LogP contribution in [0.3, 0.4) is 0 Å². The maximum absolute atomic E-state index is 8.64. The number of benzene rings is 1. The lowest BCUT2D eigenvalue weighted by atomic mass is 10.1. The highest BCUT2D eigenvalue weighted by molar-refractivity contribution is 6.01. The van der Waals surface area contributed by atoms with Crippen molar-refractivity contribution in [2.75, 3.05) is 7.11 Å². The van der Waals surface area contributed by atoms with Crippen molar-refractivity contribution in [3.8, 4) is 11.8 Å². The molecule has 0 fully saturated rings. The predicted molar refractivity (Wildman–Crippen MR) is 54.6 cm³/mol. The van der Waals surface area contributed by atoms with Crippen LogP contribution in [0.25, 0.3) is 0 Å². The van der Waals surface area contributed by atoms with E-state index in [1.165, 1.54) is 0 Å². The van der Waals surface area contributed by atoms with Gasteiger partial charge in [-0.15, -0.1) is 0 Å². The molecule has 1 aromatic carbocycles. The van der Waals surface area contributed by atoms with Gasteiger partial charge in [0.2, 0.25) is 6.10 Å². The second-order valence-corrected chi connectivity index (χ2v) is 3.19. The molecule has 76 valence electrons. The van der Waals surface area contributed by atoms with Crippen LogP contribution in [0.15, 0.2) is 29.4 Å². The highest BCUT2D eigenvalue weighted by Crippen LogP contribution is 2.18. The van der Waals surface area contributed by atoms with Gasteiger partial charge in [0, 0.05) is 6.42 Å². The summed E-state index contributed by atoms with van der Waals surface area (Å²) in [7, 11) is 1.62. The molecule has 2 rings (SSSR count). The molecular formula is C11H10N2O2. The summed E-state index contributed by atoms with van der Waals surface area (Å²) in [5.74, 6) is 0.801. The summed E-state index contributed by atoms with van der Waals surface area (Å²) in [6.07, 6.45) is 0.102. The first-order valence-corrected chi connectivity index (χ1v) is 4.60. The summed E-state index contributed by atoms with van der Waals surface area (Å²) < 4.78 is 5.05. The monoisotopic (exact) mass is 202 g/mol. The quantitative estimate of drug-likeness (QED) is 0.733. The third kappa shape index (κ3) is 1.91. The Kier molecular flexibility index (Phi) is 2.55. The molecule has 0 aliphatic carbocycles. The molecule has 0 radical (unpaired) electrons. The summed E-state index contributed by atoms with van der Waals surface area (Å²) in [4.78, 5) is 4.92. The molecule has 0 saturated heterocycles. The number of rotatable bonds is 2. The first kappa shape index (κ1) is 9.53. The zero-order valence-corrected chi connectivity index (χ0v) is 8.30. The van der Waals surface area contributed by atoms with Crippen molar-refractivity contribution in [1.29, 1.82) is 5.26 Å². The molecule has 1 aliphatic heterocycles. The average molecular weight is 202 g/mol. The van der Waals surface area contributed by atoms with E-state index >= 15 is 0 Å². The molecule has 1 aromatic rings. The summed E-state index contributed by atoms with van der Waals surface area (Å²) >= 11 is 0. The molecule has 0 spiro atoms. The van der Waals surface area contributed by atoms with Crippen LogP contribution in [0.1, 0.15) is 12.0 Å². The predicted octanol–water partition coefficient (Wildman–Crippen LogP) is 1.71. The van der Waals surface area contributed by atoms with E-state index in [0.717, 1.165) is 17.0 Å². The Balaban J connectivity index is 2.15. The minimum Gasteiger partial charge on any atom is -0.497 e. The normalized spacial score (nSPS) is 18.9. The number of methoxy groups -OCH3 is 1. The van der Waals surface area contributed by atoms with E-state index < -0.39 is 6.10 Å². The summed E-state index contributed by atoms with van der Waals surface area (Å²) in [5.41, 5.74) is 1.78. The molecule has 1 aliphatic rings. The van der Waals surface area contributed by atoms with E-state index in [0.29, 0.717) is 6.42 Å². The third-order valence-corrected chi connectivity index (χ3v) is 2.24. The van der Waals surface area contributed by atoms with Crippen molar-refractivity contribution in [1.82, 2.24) is 0 Å². The molecular weight excluding hydrogens is 192 g/mol. The lowest BCUT2D eigenvalue weighted by Gasteiger charge is -2.01. The minimum absolute atomic E-state index is 0.442. The van der Waals surface area contributed by atoms with Gasteiger partial charge in [-0.05, 0) is 29.8 Å².